The van der Waals surface area contributed by atoms with E-state index in [-0.39, 0.29) is 0 Å². The van der Waals surface area contributed by atoms with Crippen molar-refractivity contribution in [3.63, 3.8) is 0 Å². The van der Waals surface area contributed by atoms with Crippen molar-refractivity contribution in [2.75, 3.05) is 0 Å². The molecule has 1 atom stereocenters. The molecular weight excluding hydrogens is 198 g/mol. The number of hydrogen-bond acceptors (Lipinski definition) is 2. The van der Waals surface area contributed by atoms with Crippen LogP contribution >= 0.6 is 0 Å². The summed E-state index contributed by atoms with van der Waals surface area (Å²) >= 11 is 0. The Bertz CT molecular complexity index is 486. The molecule has 1 N–H and O–H groups in total. The molecule has 1 aromatic carbocycles. The van der Waals surface area contributed by atoms with Gasteiger partial charge < -0.3 is 5.11 Å². The van der Waals surface area contributed by atoms with Gasteiger partial charge in [0.15, 0.2) is 0 Å². The van der Waals surface area contributed by atoms with Crippen molar-refractivity contribution in [1.82, 2.24) is 4.98 Å². The molecule has 0 aliphatic heterocycles. The molecule has 84 valence electrons. The van der Waals surface area contributed by atoms with Gasteiger partial charge in [0.05, 0.1) is 5.60 Å². The Kier molecular flexibility index (Phi) is 2.92. The number of rotatable bonds is 3. The maximum absolute atomic E-state index is 10.5. The predicted octanol–water partition coefficient (Wildman–Crippen LogP) is 3.24. The molecule has 1 unspecified atom stereocenters. The summed E-state index contributed by atoms with van der Waals surface area (Å²) < 4.78 is 0. The van der Waals surface area contributed by atoms with Crippen molar-refractivity contribution in [3.8, 4) is 0 Å². The summed E-state index contributed by atoms with van der Waals surface area (Å²) in [4.78, 5) is 4.10. The van der Waals surface area contributed by atoms with E-state index in [1.807, 2.05) is 37.4 Å². The van der Waals surface area contributed by atoms with E-state index in [0.717, 1.165) is 29.2 Å². The van der Waals surface area contributed by atoms with Gasteiger partial charge in [-0.1, -0.05) is 31.5 Å². The third kappa shape index (κ3) is 1.93. The van der Waals surface area contributed by atoms with Crippen LogP contribution in [0.15, 0.2) is 36.7 Å². The number of aromatic nitrogens is 1. The number of pyridine rings is 1. The summed E-state index contributed by atoms with van der Waals surface area (Å²) in [5.41, 5.74) is 0.240. The van der Waals surface area contributed by atoms with E-state index < -0.39 is 5.60 Å². The van der Waals surface area contributed by atoms with Crippen LogP contribution in [0.3, 0.4) is 0 Å². The number of fused-ring (bicyclic) bond motifs is 1. The van der Waals surface area contributed by atoms with Crippen LogP contribution in [0.1, 0.15) is 32.3 Å². The van der Waals surface area contributed by atoms with Crippen molar-refractivity contribution in [1.29, 1.82) is 0 Å². The Hall–Kier alpha value is -1.41. The molecule has 0 saturated heterocycles. The van der Waals surface area contributed by atoms with E-state index in [1.54, 1.807) is 6.20 Å². The first-order valence-electron chi connectivity index (χ1n) is 5.71. The largest absolute Gasteiger partial charge is 0.385 e. The highest BCUT2D eigenvalue weighted by Crippen LogP contribution is 2.31. The van der Waals surface area contributed by atoms with Crippen LogP contribution in [-0.4, -0.2) is 10.1 Å². The molecule has 0 radical (unpaired) electrons. The number of benzene rings is 1. The maximum Gasteiger partial charge on any atom is 0.0874 e. The smallest absolute Gasteiger partial charge is 0.0874 e. The summed E-state index contributed by atoms with van der Waals surface area (Å²) in [7, 11) is 0. The first-order chi connectivity index (χ1) is 7.65. The van der Waals surface area contributed by atoms with Crippen molar-refractivity contribution in [3.05, 3.63) is 42.2 Å². The molecule has 1 aromatic heterocycles. The Labute approximate surface area is 96.0 Å². The van der Waals surface area contributed by atoms with Gasteiger partial charge in [-0.2, -0.15) is 0 Å². The van der Waals surface area contributed by atoms with E-state index in [2.05, 4.69) is 11.9 Å². The maximum atomic E-state index is 10.5. The van der Waals surface area contributed by atoms with Crippen molar-refractivity contribution >= 4 is 10.8 Å². The quantitative estimate of drug-likeness (QED) is 0.852. The molecule has 2 aromatic rings. The normalized spacial score (nSPS) is 14.9. The lowest BCUT2D eigenvalue weighted by atomic mass is 9.88. The molecule has 1 heterocycles. The lowest BCUT2D eigenvalue weighted by molar-refractivity contribution is 0.0485. The average Bonchev–Trinajstić information content (AvgIpc) is 2.28. The first-order valence-corrected chi connectivity index (χ1v) is 5.71. The lowest BCUT2D eigenvalue weighted by Gasteiger charge is -2.24. The van der Waals surface area contributed by atoms with Crippen molar-refractivity contribution in [2.24, 2.45) is 0 Å². The van der Waals surface area contributed by atoms with Gasteiger partial charge >= 0.3 is 0 Å². The minimum Gasteiger partial charge on any atom is -0.385 e. The zero-order chi connectivity index (χ0) is 11.6. The molecule has 2 heteroatoms. The van der Waals surface area contributed by atoms with Gasteiger partial charge in [-0.05, 0) is 30.4 Å². The number of hydrogen-bond donors (Lipinski definition) is 1. The molecule has 0 saturated carbocycles. The fraction of sp³-hybridized carbons (Fsp3) is 0.357. The highest BCUT2D eigenvalue weighted by molar-refractivity contribution is 5.85. The van der Waals surface area contributed by atoms with Crippen LogP contribution in [0.4, 0.5) is 0 Å². The Morgan fingerprint density at radius 2 is 2.12 bits per heavy atom. The second-order valence-corrected chi connectivity index (χ2v) is 4.43. The van der Waals surface area contributed by atoms with Gasteiger partial charge in [-0.25, -0.2) is 0 Å². The van der Waals surface area contributed by atoms with E-state index in [1.165, 1.54) is 0 Å². The van der Waals surface area contributed by atoms with E-state index in [0.29, 0.717) is 0 Å². The Morgan fingerprint density at radius 1 is 1.31 bits per heavy atom. The summed E-state index contributed by atoms with van der Waals surface area (Å²) in [5.74, 6) is 0. The van der Waals surface area contributed by atoms with Crippen LogP contribution in [0.2, 0.25) is 0 Å². The summed E-state index contributed by atoms with van der Waals surface area (Å²) in [5, 5.41) is 12.6. The van der Waals surface area contributed by atoms with E-state index in [4.69, 9.17) is 0 Å². The summed E-state index contributed by atoms with van der Waals surface area (Å²) in [6, 6.07) is 7.96. The monoisotopic (exact) mass is 215 g/mol. The molecule has 0 fully saturated rings. The molecule has 0 aliphatic carbocycles. The molecule has 0 aliphatic rings. The molecule has 2 rings (SSSR count). The molecule has 16 heavy (non-hydrogen) atoms. The highest BCUT2D eigenvalue weighted by atomic mass is 16.3. The highest BCUT2D eigenvalue weighted by Gasteiger charge is 2.23. The third-order valence-corrected chi connectivity index (χ3v) is 3.00. The standard InChI is InChI=1S/C14H17NO/c1-3-8-14(2,16)13-6-4-5-11-10-15-9-7-12(11)13/h4-7,9-10,16H,3,8H2,1-2H3. The molecule has 0 amide bonds. The van der Waals surface area contributed by atoms with Crippen LogP contribution in [0, 0.1) is 0 Å². The molecule has 0 bridgehead atoms. The molecule has 2 nitrogen and oxygen atoms in total. The van der Waals surface area contributed by atoms with Crippen LogP contribution in [0.5, 0.6) is 0 Å². The van der Waals surface area contributed by atoms with Crippen molar-refractivity contribution < 1.29 is 5.11 Å². The van der Waals surface area contributed by atoms with Gasteiger partial charge in [0, 0.05) is 17.8 Å². The first kappa shape index (κ1) is 11.1. The topological polar surface area (TPSA) is 33.1 Å². The minimum absolute atomic E-state index is 0.754. The Balaban J connectivity index is 2.60. The van der Waals surface area contributed by atoms with Crippen LogP contribution in [-0.2, 0) is 5.60 Å². The SMILES string of the molecule is CCCC(C)(O)c1cccc2cnccc12. The van der Waals surface area contributed by atoms with Crippen LogP contribution in [0.25, 0.3) is 10.8 Å². The fourth-order valence-corrected chi connectivity index (χ4v) is 2.21. The number of nitrogens with zero attached hydrogens (tertiary/aromatic N) is 1. The minimum atomic E-state index is -0.754. The zero-order valence-electron chi connectivity index (χ0n) is 9.77. The summed E-state index contributed by atoms with van der Waals surface area (Å²) in [6.07, 6.45) is 5.34. The molecule has 0 spiro atoms. The fourth-order valence-electron chi connectivity index (χ4n) is 2.21. The predicted molar refractivity (Wildman–Crippen MR) is 66.2 cm³/mol. The van der Waals surface area contributed by atoms with E-state index in [9.17, 15) is 5.11 Å². The second-order valence-electron chi connectivity index (χ2n) is 4.43. The lowest BCUT2D eigenvalue weighted by Crippen LogP contribution is -2.20. The average molecular weight is 215 g/mol. The number of aliphatic hydroxyl groups is 1. The van der Waals surface area contributed by atoms with Gasteiger partial charge in [0.25, 0.3) is 0 Å². The van der Waals surface area contributed by atoms with Gasteiger partial charge in [0.1, 0.15) is 0 Å². The Morgan fingerprint density at radius 3 is 2.88 bits per heavy atom. The van der Waals surface area contributed by atoms with Gasteiger partial charge in [-0.15, -0.1) is 0 Å². The molecular formula is C14H17NO. The zero-order valence-corrected chi connectivity index (χ0v) is 9.77. The summed E-state index contributed by atoms with van der Waals surface area (Å²) in [6.45, 7) is 3.97. The second kappa shape index (κ2) is 4.22. The van der Waals surface area contributed by atoms with Gasteiger partial charge in [-0.3, -0.25) is 4.98 Å². The van der Waals surface area contributed by atoms with E-state index >= 15 is 0 Å². The third-order valence-electron chi connectivity index (χ3n) is 3.00. The van der Waals surface area contributed by atoms with Crippen molar-refractivity contribution in [2.45, 2.75) is 32.3 Å². The van der Waals surface area contributed by atoms with Gasteiger partial charge in [0.2, 0.25) is 0 Å². The van der Waals surface area contributed by atoms with Crippen LogP contribution < -0.4 is 0 Å².